The molecule has 0 aliphatic carbocycles. The zero-order valence-electron chi connectivity index (χ0n) is 11.3. The van der Waals surface area contributed by atoms with Crippen LogP contribution in [0, 0.1) is 0 Å². The van der Waals surface area contributed by atoms with Gasteiger partial charge in [-0.15, -0.1) is 0 Å². The van der Waals surface area contributed by atoms with Crippen molar-refractivity contribution in [2.75, 3.05) is 6.61 Å². The van der Waals surface area contributed by atoms with E-state index >= 15 is 0 Å². The van der Waals surface area contributed by atoms with E-state index in [1.54, 1.807) is 0 Å². The van der Waals surface area contributed by atoms with Crippen molar-refractivity contribution >= 4 is 0 Å². The first-order chi connectivity index (χ1) is 8.77. The van der Waals surface area contributed by atoms with Crippen molar-refractivity contribution in [3.05, 3.63) is 29.3 Å². The molecule has 108 valence electrons. The minimum Gasteiger partial charge on any atom is -0.493 e. The average molecular weight is 276 g/mol. The minimum atomic E-state index is -4.65. The molecule has 0 aromatic heterocycles. The number of ether oxygens (including phenoxy) is 1. The highest BCUT2D eigenvalue weighted by Crippen LogP contribution is 2.36. The Morgan fingerprint density at radius 1 is 1.26 bits per heavy atom. The lowest BCUT2D eigenvalue weighted by molar-refractivity contribution is -0.206. The molecule has 1 rings (SSSR count). The van der Waals surface area contributed by atoms with Gasteiger partial charge in [0.15, 0.2) is 6.10 Å². The van der Waals surface area contributed by atoms with Gasteiger partial charge in [-0.2, -0.15) is 13.2 Å². The van der Waals surface area contributed by atoms with Crippen LogP contribution in [0.1, 0.15) is 50.3 Å². The summed E-state index contributed by atoms with van der Waals surface area (Å²) in [7, 11) is 0. The standard InChI is InChI=1S/C14H19F3O2/c1-4-7-19-12-6-5-10(8-11(12)9(2)3)13(18)14(15,16)17/h5-6,8-9,13,18H,4,7H2,1-3H3. The normalized spacial score (nSPS) is 13.7. The van der Waals surface area contributed by atoms with E-state index in [1.807, 2.05) is 20.8 Å². The molecular weight excluding hydrogens is 257 g/mol. The van der Waals surface area contributed by atoms with Gasteiger partial charge in [-0.05, 0) is 35.6 Å². The summed E-state index contributed by atoms with van der Waals surface area (Å²) in [4.78, 5) is 0. The predicted octanol–water partition coefficient (Wildman–Crippen LogP) is 4.19. The Bertz CT molecular complexity index is 414. The van der Waals surface area contributed by atoms with E-state index in [1.165, 1.54) is 18.2 Å². The molecule has 0 radical (unpaired) electrons. The van der Waals surface area contributed by atoms with Crippen molar-refractivity contribution in [3.8, 4) is 5.75 Å². The van der Waals surface area contributed by atoms with Crippen LogP contribution in [0.4, 0.5) is 13.2 Å². The molecular formula is C14H19F3O2. The number of aliphatic hydroxyl groups excluding tert-OH is 1. The summed E-state index contributed by atoms with van der Waals surface area (Å²) >= 11 is 0. The molecule has 0 aliphatic rings. The van der Waals surface area contributed by atoms with Crippen molar-refractivity contribution in [2.45, 2.75) is 45.4 Å². The Labute approximate surface area is 111 Å². The maximum absolute atomic E-state index is 12.5. The molecule has 0 spiro atoms. The predicted molar refractivity (Wildman–Crippen MR) is 67.3 cm³/mol. The smallest absolute Gasteiger partial charge is 0.418 e. The minimum absolute atomic E-state index is 0.0206. The van der Waals surface area contributed by atoms with Crippen LogP contribution in [-0.4, -0.2) is 17.9 Å². The molecule has 0 fully saturated rings. The Morgan fingerprint density at radius 3 is 2.37 bits per heavy atom. The molecule has 1 unspecified atom stereocenters. The summed E-state index contributed by atoms with van der Waals surface area (Å²) in [5.41, 5.74) is 0.522. The highest BCUT2D eigenvalue weighted by Gasteiger charge is 2.39. The lowest BCUT2D eigenvalue weighted by atomic mass is 9.97. The number of alkyl halides is 3. The van der Waals surface area contributed by atoms with Gasteiger partial charge >= 0.3 is 6.18 Å². The van der Waals surface area contributed by atoms with Crippen molar-refractivity contribution in [2.24, 2.45) is 0 Å². The fourth-order valence-electron chi connectivity index (χ4n) is 1.72. The number of rotatable bonds is 5. The van der Waals surface area contributed by atoms with Gasteiger partial charge in [0, 0.05) is 0 Å². The second-order valence-electron chi connectivity index (χ2n) is 4.74. The summed E-state index contributed by atoms with van der Waals surface area (Å²) in [5.74, 6) is 0.599. The van der Waals surface area contributed by atoms with Gasteiger partial charge in [0.2, 0.25) is 0 Å². The van der Waals surface area contributed by atoms with Gasteiger partial charge in [-0.3, -0.25) is 0 Å². The molecule has 2 nitrogen and oxygen atoms in total. The second-order valence-corrected chi connectivity index (χ2v) is 4.74. The molecule has 0 saturated carbocycles. The summed E-state index contributed by atoms with van der Waals surface area (Å²) < 4.78 is 43.0. The van der Waals surface area contributed by atoms with Gasteiger partial charge in [-0.1, -0.05) is 26.8 Å². The monoisotopic (exact) mass is 276 g/mol. The quantitative estimate of drug-likeness (QED) is 0.873. The third-order valence-electron chi connectivity index (χ3n) is 2.74. The topological polar surface area (TPSA) is 29.5 Å². The van der Waals surface area contributed by atoms with Gasteiger partial charge < -0.3 is 9.84 Å². The lowest BCUT2D eigenvalue weighted by Crippen LogP contribution is -2.20. The van der Waals surface area contributed by atoms with Crippen LogP contribution >= 0.6 is 0 Å². The number of aliphatic hydroxyl groups is 1. The van der Waals surface area contributed by atoms with Gasteiger partial charge in [0.1, 0.15) is 5.75 Å². The highest BCUT2D eigenvalue weighted by molar-refractivity contribution is 5.40. The van der Waals surface area contributed by atoms with Crippen LogP contribution < -0.4 is 4.74 Å². The fraction of sp³-hybridized carbons (Fsp3) is 0.571. The Morgan fingerprint density at radius 2 is 1.89 bits per heavy atom. The lowest BCUT2D eigenvalue weighted by Gasteiger charge is -2.19. The third-order valence-corrected chi connectivity index (χ3v) is 2.74. The van der Waals surface area contributed by atoms with Crippen LogP contribution in [-0.2, 0) is 0 Å². The Balaban J connectivity index is 3.09. The van der Waals surface area contributed by atoms with E-state index in [-0.39, 0.29) is 11.5 Å². The Kier molecular flexibility index (Phi) is 5.23. The van der Waals surface area contributed by atoms with Crippen LogP contribution in [0.15, 0.2) is 18.2 Å². The molecule has 0 aliphatic heterocycles. The zero-order valence-corrected chi connectivity index (χ0v) is 11.3. The van der Waals surface area contributed by atoms with Crippen molar-refractivity contribution in [1.82, 2.24) is 0 Å². The molecule has 0 heterocycles. The van der Waals surface area contributed by atoms with Crippen LogP contribution in [0.3, 0.4) is 0 Å². The van der Waals surface area contributed by atoms with Crippen molar-refractivity contribution < 1.29 is 23.0 Å². The molecule has 1 aromatic rings. The number of halogens is 3. The summed E-state index contributed by atoms with van der Waals surface area (Å²) in [6.07, 6.45) is -6.28. The number of hydrogen-bond acceptors (Lipinski definition) is 2. The first kappa shape index (κ1) is 15.8. The fourth-order valence-corrected chi connectivity index (χ4v) is 1.72. The van der Waals surface area contributed by atoms with Crippen molar-refractivity contribution in [1.29, 1.82) is 0 Å². The SMILES string of the molecule is CCCOc1ccc(C(O)C(F)(F)F)cc1C(C)C. The molecule has 0 bridgehead atoms. The van der Waals surface area contributed by atoms with E-state index in [0.29, 0.717) is 17.9 Å². The van der Waals surface area contributed by atoms with Crippen molar-refractivity contribution in [3.63, 3.8) is 0 Å². The summed E-state index contributed by atoms with van der Waals surface area (Å²) in [5, 5.41) is 9.26. The van der Waals surface area contributed by atoms with E-state index in [0.717, 1.165) is 6.42 Å². The first-order valence-electron chi connectivity index (χ1n) is 6.28. The molecule has 0 saturated heterocycles. The second kappa shape index (κ2) is 6.28. The summed E-state index contributed by atoms with van der Waals surface area (Å²) in [6.45, 7) is 6.22. The number of benzene rings is 1. The number of hydrogen-bond donors (Lipinski definition) is 1. The molecule has 19 heavy (non-hydrogen) atoms. The average Bonchev–Trinajstić information content (AvgIpc) is 2.34. The van der Waals surface area contributed by atoms with E-state index in [2.05, 4.69) is 0 Å². The van der Waals surface area contributed by atoms with Crippen LogP contribution in [0.25, 0.3) is 0 Å². The zero-order chi connectivity index (χ0) is 14.6. The van der Waals surface area contributed by atoms with Gasteiger partial charge in [-0.25, -0.2) is 0 Å². The van der Waals surface area contributed by atoms with Crippen LogP contribution in [0.2, 0.25) is 0 Å². The maximum atomic E-state index is 12.5. The largest absolute Gasteiger partial charge is 0.493 e. The maximum Gasteiger partial charge on any atom is 0.418 e. The van der Waals surface area contributed by atoms with E-state index < -0.39 is 12.3 Å². The first-order valence-corrected chi connectivity index (χ1v) is 6.28. The van der Waals surface area contributed by atoms with E-state index in [4.69, 9.17) is 4.74 Å². The summed E-state index contributed by atoms with van der Waals surface area (Å²) in [6, 6.07) is 4.12. The van der Waals surface area contributed by atoms with Gasteiger partial charge in [0.25, 0.3) is 0 Å². The Hall–Kier alpha value is -1.23. The highest BCUT2D eigenvalue weighted by atomic mass is 19.4. The molecule has 1 atom stereocenters. The van der Waals surface area contributed by atoms with Crippen LogP contribution in [0.5, 0.6) is 5.75 Å². The molecule has 0 amide bonds. The molecule has 1 aromatic carbocycles. The molecule has 5 heteroatoms. The van der Waals surface area contributed by atoms with E-state index in [9.17, 15) is 18.3 Å². The third kappa shape index (κ3) is 4.13. The molecule has 1 N–H and O–H groups in total. The van der Waals surface area contributed by atoms with Gasteiger partial charge in [0.05, 0.1) is 6.61 Å².